The Morgan fingerprint density at radius 3 is 3.00 bits per heavy atom. The highest BCUT2D eigenvalue weighted by Gasteiger charge is 2.44. The molecule has 0 unspecified atom stereocenters. The molecule has 3 N–H and O–H groups in total. The summed E-state index contributed by atoms with van der Waals surface area (Å²) in [6.07, 6.45) is -0.0370. The van der Waals surface area contributed by atoms with Crippen molar-refractivity contribution in [2.24, 2.45) is 10.8 Å². The second kappa shape index (κ2) is 6.23. The summed E-state index contributed by atoms with van der Waals surface area (Å²) in [5, 5.41) is 16.4. The number of thiocarbonyl (C=S) groups is 1. The van der Waals surface area contributed by atoms with E-state index in [1.165, 1.54) is 0 Å². The minimum absolute atomic E-state index is 0.0894. The number of fused-ring (bicyclic) bond motifs is 2. The van der Waals surface area contributed by atoms with Crippen LogP contribution in [0.15, 0.2) is 35.4 Å². The van der Waals surface area contributed by atoms with Crippen LogP contribution in [0.2, 0.25) is 0 Å². The third-order valence-electron chi connectivity index (χ3n) is 3.98. The van der Waals surface area contributed by atoms with Crippen molar-refractivity contribution in [1.29, 1.82) is 0 Å². The summed E-state index contributed by atoms with van der Waals surface area (Å²) < 4.78 is 13.3. The zero-order valence-corrected chi connectivity index (χ0v) is 13.4. The summed E-state index contributed by atoms with van der Waals surface area (Å²) in [5.74, 6) is 0.677. The van der Waals surface area contributed by atoms with Crippen LogP contribution in [-0.2, 0) is 9.47 Å². The number of nitrogens with two attached hydrogens (primary N) is 1. The van der Waals surface area contributed by atoms with Crippen molar-refractivity contribution >= 4 is 23.0 Å². The lowest BCUT2D eigenvalue weighted by Gasteiger charge is -2.28. The molecule has 24 heavy (non-hydrogen) atoms. The van der Waals surface area contributed by atoms with Gasteiger partial charge in [-0.25, -0.2) is 4.68 Å². The van der Waals surface area contributed by atoms with Crippen molar-refractivity contribution in [2.45, 2.75) is 24.9 Å². The van der Waals surface area contributed by atoms with Crippen molar-refractivity contribution in [3.05, 3.63) is 30.3 Å². The van der Waals surface area contributed by atoms with Crippen LogP contribution in [0.3, 0.4) is 0 Å². The molecule has 2 fully saturated rings. The molecular formula is C14H15N7O2S. The van der Waals surface area contributed by atoms with Crippen molar-refractivity contribution in [1.82, 2.24) is 25.6 Å². The Morgan fingerprint density at radius 2 is 2.21 bits per heavy atom. The molecule has 9 nitrogen and oxygen atoms in total. The van der Waals surface area contributed by atoms with Crippen LogP contribution in [-0.4, -0.2) is 50.0 Å². The van der Waals surface area contributed by atoms with Gasteiger partial charge in [0, 0.05) is 12.0 Å². The van der Waals surface area contributed by atoms with Gasteiger partial charge < -0.3 is 15.2 Å². The van der Waals surface area contributed by atoms with Gasteiger partial charge in [0.1, 0.15) is 6.10 Å². The normalized spacial score (nSPS) is 27.3. The molecule has 1 aromatic carbocycles. The molecule has 10 heteroatoms. The monoisotopic (exact) mass is 345 g/mol. The van der Waals surface area contributed by atoms with Gasteiger partial charge in [0.05, 0.1) is 18.4 Å². The molecule has 1 aromatic heterocycles. The third-order valence-corrected chi connectivity index (χ3v) is 4.07. The molecule has 3 atom stereocenters. The van der Waals surface area contributed by atoms with Crippen LogP contribution in [0.25, 0.3) is 11.4 Å². The minimum Gasteiger partial charge on any atom is -0.375 e. The fourth-order valence-corrected chi connectivity index (χ4v) is 2.95. The van der Waals surface area contributed by atoms with E-state index in [9.17, 15) is 0 Å². The Morgan fingerprint density at radius 1 is 1.38 bits per heavy atom. The maximum Gasteiger partial charge on any atom is 0.199 e. The predicted octanol–water partition coefficient (Wildman–Crippen LogP) is 0.216. The number of ether oxygens (including phenoxy) is 2. The van der Waals surface area contributed by atoms with Crippen LogP contribution >= 0.6 is 12.2 Å². The van der Waals surface area contributed by atoms with Gasteiger partial charge in [0.2, 0.25) is 0 Å². The lowest BCUT2D eigenvalue weighted by atomic mass is 10.0. The number of rotatable bonds is 3. The van der Waals surface area contributed by atoms with E-state index in [1.807, 2.05) is 30.3 Å². The van der Waals surface area contributed by atoms with Gasteiger partial charge in [-0.2, -0.15) is 5.10 Å². The van der Waals surface area contributed by atoms with E-state index in [0.29, 0.717) is 24.6 Å². The fourth-order valence-electron chi connectivity index (χ4n) is 2.90. The average Bonchev–Trinajstić information content (AvgIpc) is 3.23. The van der Waals surface area contributed by atoms with E-state index in [0.717, 1.165) is 5.56 Å². The van der Waals surface area contributed by atoms with Crippen molar-refractivity contribution in [3.8, 4) is 11.4 Å². The molecule has 3 heterocycles. The van der Waals surface area contributed by atoms with Crippen LogP contribution in [0.4, 0.5) is 0 Å². The summed E-state index contributed by atoms with van der Waals surface area (Å²) in [4.78, 5) is 0. The zero-order valence-electron chi connectivity index (χ0n) is 12.6. The molecule has 0 amide bonds. The Labute approximate surface area is 142 Å². The second-order valence-electron chi connectivity index (χ2n) is 5.50. The van der Waals surface area contributed by atoms with E-state index < -0.39 is 6.29 Å². The number of hydrogen-bond acceptors (Lipinski definition) is 7. The van der Waals surface area contributed by atoms with E-state index >= 15 is 0 Å². The Kier molecular flexibility index (Phi) is 3.92. The predicted molar refractivity (Wildman–Crippen MR) is 88.9 cm³/mol. The topological polar surface area (TPSA) is 112 Å². The fraction of sp³-hybridized carbons (Fsp3) is 0.357. The van der Waals surface area contributed by atoms with E-state index in [4.69, 9.17) is 27.4 Å². The Hall–Kier alpha value is -2.43. The van der Waals surface area contributed by atoms with Gasteiger partial charge >= 0.3 is 0 Å². The van der Waals surface area contributed by atoms with Gasteiger partial charge in [-0.15, -0.1) is 5.10 Å². The summed E-state index contributed by atoms with van der Waals surface area (Å²) in [6.45, 7) is 0.454. The summed E-state index contributed by atoms with van der Waals surface area (Å²) in [7, 11) is 0. The Balaban J connectivity index is 1.66. The maximum atomic E-state index is 5.88. The van der Waals surface area contributed by atoms with Crippen molar-refractivity contribution in [3.63, 3.8) is 0 Å². The van der Waals surface area contributed by atoms with Crippen molar-refractivity contribution < 1.29 is 9.47 Å². The van der Waals surface area contributed by atoms with Gasteiger partial charge in [-0.3, -0.25) is 5.43 Å². The lowest BCUT2D eigenvalue weighted by molar-refractivity contribution is -0.0320. The molecule has 2 aromatic rings. The largest absolute Gasteiger partial charge is 0.375 e. The summed E-state index contributed by atoms with van der Waals surface area (Å²) >= 11 is 4.78. The Bertz CT molecular complexity index is 778. The van der Waals surface area contributed by atoms with Crippen LogP contribution in [0, 0.1) is 0 Å². The van der Waals surface area contributed by atoms with Gasteiger partial charge in [-0.05, 0) is 22.6 Å². The zero-order chi connectivity index (χ0) is 16.5. The van der Waals surface area contributed by atoms with Gasteiger partial charge in [0.25, 0.3) is 0 Å². The molecule has 2 saturated heterocycles. The second-order valence-corrected chi connectivity index (χ2v) is 5.94. The number of nitrogens with zero attached hydrogens (tertiary/aromatic N) is 5. The molecule has 4 rings (SSSR count). The summed E-state index contributed by atoms with van der Waals surface area (Å²) in [6, 6.07) is 9.63. The number of hydrogen-bond donors (Lipinski definition) is 2. The smallest absolute Gasteiger partial charge is 0.199 e. The lowest BCUT2D eigenvalue weighted by Crippen LogP contribution is -2.39. The van der Waals surface area contributed by atoms with Crippen molar-refractivity contribution in [2.75, 3.05) is 6.61 Å². The first-order valence-electron chi connectivity index (χ1n) is 7.44. The first-order valence-corrected chi connectivity index (χ1v) is 7.85. The van der Waals surface area contributed by atoms with Crippen LogP contribution in [0.1, 0.15) is 12.5 Å². The standard InChI is InChI=1S/C14H15N7O2S/c15-14(24)18-16-9-6-10(11-7-22-13(9)23-11)21-12(17-19-20-21)8-4-2-1-3-5-8/h1-5,10-11,13H,6-7H2,(H3,15,18,24)/b16-9+/t10-,11+,13+/m0/s1. The highest BCUT2D eigenvalue weighted by atomic mass is 32.1. The molecule has 2 aliphatic heterocycles. The first kappa shape index (κ1) is 15.1. The number of nitrogens with one attached hydrogen (secondary N) is 1. The molecular weight excluding hydrogens is 330 g/mol. The summed E-state index contributed by atoms with van der Waals surface area (Å²) in [5.41, 5.74) is 9.63. The number of aromatic nitrogens is 4. The molecule has 0 aliphatic carbocycles. The maximum absolute atomic E-state index is 5.88. The van der Waals surface area contributed by atoms with Crippen LogP contribution in [0.5, 0.6) is 0 Å². The SMILES string of the molecule is NC(=S)N/N=C1\C[C@H](n2nnnc2-c2ccccc2)[C@H]2CO[C@@H]1O2. The van der Waals surface area contributed by atoms with Gasteiger partial charge in [0.15, 0.2) is 17.2 Å². The molecule has 0 saturated carbocycles. The quantitative estimate of drug-likeness (QED) is 0.600. The minimum atomic E-state index is -0.482. The number of tetrazole rings is 1. The molecule has 124 valence electrons. The van der Waals surface area contributed by atoms with E-state index in [1.54, 1.807) is 4.68 Å². The number of hydrazone groups is 1. The third kappa shape index (κ3) is 2.75. The van der Waals surface area contributed by atoms with Crippen LogP contribution < -0.4 is 11.2 Å². The van der Waals surface area contributed by atoms with E-state index in [-0.39, 0.29) is 17.3 Å². The van der Waals surface area contributed by atoms with Gasteiger partial charge in [-0.1, -0.05) is 30.3 Å². The van der Waals surface area contributed by atoms with E-state index in [2.05, 4.69) is 26.1 Å². The molecule has 2 bridgehead atoms. The molecule has 0 radical (unpaired) electrons. The average molecular weight is 345 g/mol. The molecule has 0 spiro atoms. The highest BCUT2D eigenvalue weighted by Crippen LogP contribution is 2.34. The highest BCUT2D eigenvalue weighted by molar-refractivity contribution is 7.80. The number of benzene rings is 1. The first-order chi connectivity index (χ1) is 11.7. The molecule has 2 aliphatic rings.